The van der Waals surface area contributed by atoms with Crippen LogP contribution in [0.3, 0.4) is 0 Å². The van der Waals surface area contributed by atoms with Crippen molar-refractivity contribution < 1.29 is 13.9 Å². The molecule has 0 saturated carbocycles. The number of hydrogen-bond acceptors (Lipinski definition) is 6. The van der Waals surface area contributed by atoms with Crippen molar-refractivity contribution in [1.82, 2.24) is 0 Å². The number of aryl methyl sites for hydroxylation is 1. The fourth-order valence-electron chi connectivity index (χ4n) is 6.27. The first kappa shape index (κ1) is 20.5. The average Bonchev–Trinajstić information content (AvgIpc) is 3.02. The van der Waals surface area contributed by atoms with Crippen LogP contribution in [0.1, 0.15) is 55.4 Å². The Labute approximate surface area is 196 Å². The maximum atomic E-state index is 14.6. The van der Waals surface area contributed by atoms with Gasteiger partial charge in [0, 0.05) is 11.1 Å². The highest BCUT2D eigenvalue weighted by molar-refractivity contribution is 6.16. The Morgan fingerprint density at radius 1 is 1.21 bits per heavy atom. The van der Waals surface area contributed by atoms with Crippen LogP contribution in [0.15, 0.2) is 57.1 Å². The summed E-state index contributed by atoms with van der Waals surface area (Å²) in [6, 6.07) is 13.0. The van der Waals surface area contributed by atoms with Crippen molar-refractivity contribution >= 4 is 22.6 Å². The van der Waals surface area contributed by atoms with Crippen LogP contribution in [0, 0.1) is 18.3 Å². The van der Waals surface area contributed by atoms with Gasteiger partial charge in [0.25, 0.3) is 0 Å². The van der Waals surface area contributed by atoms with E-state index in [-0.39, 0.29) is 34.6 Å². The number of carbonyl (C=O) groups is 1. The zero-order valence-electron chi connectivity index (χ0n) is 19.4. The fourth-order valence-corrected chi connectivity index (χ4v) is 6.27. The van der Waals surface area contributed by atoms with Gasteiger partial charge in [0.05, 0.1) is 11.1 Å². The molecular formula is C27H23N3O4. The van der Waals surface area contributed by atoms with Crippen molar-refractivity contribution in [3.8, 4) is 11.8 Å². The molecular weight excluding hydrogens is 430 g/mol. The summed E-state index contributed by atoms with van der Waals surface area (Å²) in [6.45, 7) is 8.11. The summed E-state index contributed by atoms with van der Waals surface area (Å²) in [6.07, 6.45) is 0.738. The van der Waals surface area contributed by atoms with Gasteiger partial charge in [-0.05, 0) is 50.8 Å². The molecule has 0 aliphatic carbocycles. The third-order valence-corrected chi connectivity index (χ3v) is 7.46. The quantitative estimate of drug-likeness (QED) is 0.513. The van der Waals surface area contributed by atoms with E-state index in [9.17, 15) is 14.9 Å². The number of ether oxygens (including phenoxy) is 1. The molecule has 0 radical (unpaired) electrons. The van der Waals surface area contributed by atoms with Gasteiger partial charge in [-0.25, -0.2) is 4.79 Å². The summed E-state index contributed by atoms with van der Waals surface area (Å²) in [5.41, 5.74) is 6.85. The topological polar surface area (TPSA) is 110 Å². The van der Waals surface area contributed by atoms with Gasteiger partial charge in [-0.2, -0.15) is 5.26 Å². The Hall–Kier alpha value is -4.05. The fraction of sp³-hybridized carbons (Fsp3) is 0.296. The molecule has 0 saturated heterocycles. The van der Waals surface area contributed by atoms with Gasteiger partial charge in [0.15, 0.2) is 11.2 Å². The molecule has 6 rings (SSSR count). The number of para-hydroxylation sites is 1. The molecule has 3 aliphatic rings. The first-order valence-corrected chi connectivity index (χ1v) is 11.3. The molecule has 7 heteroatoms. The van der Waals surface area contributed by atoms with Gasteiger partial charge in [-0.3, -0.25) is 4.79 Å². The summed E-state index contributed by atoms with van der Waals surface area (Å²) in [7, 11) is 0. The lowest BCUT2D eigenvalue weighted by molar-refractivity contribution is -0.122. The predicted molar refractivity (Wildman–Crippen MR) is 126 cm³/mol. The normalized spacial score (nSPS) is 24.1. The Morgan fingerprint density at radius 3 is 2.68 bits per heavy atom. The van der Waals surface area contributed by atoms with Crippen molar-refractivity contribution in [2.75, 3.05) is 4.90 Å². The Morgan fingerprint density at radius 2 is 1.94 bits per heavy atom. The summed E-state index contributed by atoms with van der Waals surface area (Å²) >= 11 is 0. The second-order valence-corrected chi connectivity index (χ2v) is 10.1. The molecule has 0 unspecified atom stereocenters. The molecule has 0 fully saturated rings. The van der Waals surface area contributed by atoms with Crippen LogP contribution in [0.5, 0.6) is 5.75 Å². The second kappa shape index (κ2) is 6.29. The van der Waals surface area contributed by atoms with E-state index in [1.54, 1.807) is 29.2 Å². The monoisotopic (exact) mass is 453 g/mol. The predicted octanol–water partition coefficient (Wildman–Crippen LogP) is 4.11. The van der Waals surface area contributed by atoms with Gasteiger partial charge >= 0.3 is 5.63 Å². The molecule has 2 aromatic carbocycles. The van der Waals surface area contributed by atoms with Crippen molar-refractivity contribution in [1.29, 1.82) is 5.26 Å². The SMILES string of the molecule is Cc1cc2c3c(c1)[C@@]1(C(=O)N3C(C)(C)C[C@H]2C)C(C#N)=C(N)Oc2c1c(=O)oc1ccccc21. The van der Waals surface area contributed by atoms with Crippen LogP contribution in [-0.4, -0.2) is 11.4 Å². The highest BCUT2D eigenvalue weighted by Gasteiger charge is 2.64. The van der Waals surface area contributed by atoms with Crippen LogP contribution in [0.25, 0.3) is 11.0 Å². The molecule has 4 heterocycles. The molecule has 7 nitrogen and oxygen atoms in total. The maximum absolute atomic E-state index is 14.6. The van der Waals surface area contributed by atoms with Crippen LogP contribution in [0.4, 0.5) is 5.69 Å². The number of fused-ring (bicyclic) bond motifs is 5. The number of rotatable bonds is 0. The second-order valence-electron chi connectivity index (χ2n) is 10.1. The van der Waals surface area contributed by atoms with E-state index in [0.29, 0.717) is 16.5 Å². The zero-order chi connectivity index (χ0) is 24.2. The summed E-state index contributed by atoms with van der Waals surface area (Å²) in [5, 5.41) is 10.8. The Bertz CT molecular complexity index is 1590. The van der Waals surface area contributed by atoms with Crippen molar-refractivity contribution in [2.45, 2.75) is 51.0 Å². The standard InChI is InChI=1S/C27H23N3O4/c1-13-9-16-14(2)11-26(3,4)30-21(16)17(10-13)27(25(30)32)18(12-28)23(29)34-22-15-7-5-6-8-19(15)33-24(31)20(22)27/h5-10,14H,11,29H2,1-4H3/t14-,27-/m1/s1. The number of anilines is 1. The Kier molecular flexibility index (Phi) is 3.80. The lowest BCUT2D eigenvalue weighted by atomic mass is 9.68. The number of benzene rings is 2. The minimum Gasteiger partial charge on any atom is -0.439 e. The molecule has 0 bridgehead atoms. The first-order valence-electron chi connectivity index (χ1n) is 11.3. The third-order valence-electron chi connectivity index (χ3n) is 7.46. The van der Waals surface area contributed by atoms with E-state index in [2.05, 4.69) is 19.1 Å². The summed E-state index contributed by atoms with van der Waals surface area (Å²) < 4.78 is 11.6. The van der Waals surface area contributed by atoms with Crippen LogP contribution in [-0.2, 0) is 10.2 Å². The highest BCUT2D eigenvalue weighted by Crippen LogP contribution is 2.60. The van der Waals surface area contributed by atoms with Gasteiger partial charge in [-0.15, -0.1) is 0 Å². The average molecular weight is 453 g/mol. The number of hydrogen-bond donors (Lipinski definition) is 1. The summed E-state index contributed by atoms with van der Waals surface area (Å²) in [4.78, 5) is 29.9. The minimum absolute atomic E-state index is 0.00704. The molecule has 1 aromatic heterocycles. The largest absolute Gasteiger partial charge is 0.439 e. The number of amides is 1. The highest BCUT2D eigenvalue weighted by atomic mass is 16.5. The van der Waals surface area contributed by atoms with Crippen molar-refractivity contribution in [3.05, 3.63) is 80.5 Å². The first-order chi connectivity index (χ1) is 16.1. The van der Waals surface area contributed by atoms with Crippen molar-refractivity contribution in [3.63, 3.8) is 0 Å². The summed E-state index contributed by atoms with van der Waals surface area (Å²) in [5.74, 6) is -0.211. The van der Waals surface area contributed by atoms with E-state index in [1.165, 1.54) is 0 Å². The molecule has 2 atom stereocenters. The lowest BCUT2D eigenvalue weighted by Gasteiger charge is -2.44. The maximum Gasteiger partial charge on any atom is 0.345 e. The number of carbonyl (C=O) groups excluding carboxylic acids is 1. The number of nitrogens with zero attached hydrogens (tertiary/aromatic N) is 2. The molecule has 34 heavy (non-hydrogen) atoms. The van der Waals surface area contributed by atoms with Gasteiger partial charge in [-0.1, -0.05) is 36.8 Å². The third kappa shape index (κ3) is 2.21. The molecule has 170 valence electrons. The van der Waals surface area contributed by atoms with Gasteiger partial charge in [0.1, 0.15) is 22.8 Å². The van der Waals surface area contributed by atoms with Crippen LogP contribution in [0.2, 0.25) is 0 Å². The van der Waals surface area contributed by atoms with E-state index in [0.717, 1.165) is 23.2 Å². The van der Waals surface area contributed by atoms with E-state index in [4.69, 9.17) is 14.9 Å². The molecule has 2 N–H and O–H groups in total. The number of nitrogens with two attached hydrogens (primary N) is 1. The number of nitriles is 1. The van der Waals surface area contributed by atoms with Crippen LogP contribution < -0.4 is 21.0 Å². The van der Waals surface area contributed by atoms with Crippen LogP contribution >= 0.6 is 0 Å². The van der Waals surface area contributed by atoms with Crippen molar-refractivity contribution in [2.24, 2.45) is 5.73 Å². The molecule has 1 amide bonds. The lowest BCUT2D eigenvalue weighted by Crippen LogP contribution is -2.55. The van der Waals surface area contributed by atoms with Gasteiger partial charge < -0.3 is 19.8 Å². The zero-order valence-corrected chi connectivity index (χ0v) is 19.4. The Balaban J connectivity index is 1.86. The molecule has 3 aromatic rings. The molecule has 3 aliphatic heterocycles. The smallest absolute Gasteiger partial charge is 0.345 e. The van der Waals surface area contributed by atoms with Gasteiger partial charge in [0.2, 0.25) is 11.8 Å². The van der Waals surface area contributed by atoms with E-state index in [1.807, 2.05) is 26.8 Å². The van der Waals surface area contributed by atoms with E-state index < -0.39 is 16.6 Å². The van der Waals surface area contributed by atoms with E-state index >= 15 is 0 Å². The molecule has 1 spiro atoms. The minimum atomic E-state index is -1.74.